The summed E-state index contributed by atoms with van der Waals surface area (Å²) in [7, 11) is 1.36. The summed E-state index contributed by atoms with van der Waals surface area (Å²) < 4.78 is 31.9. The fraction of sp³-hybridized carbons (Fsp3) is 0.333. The normalized spacial score (nSPS) is 10.0. The second-order valence-electron chi connectivity index (χ2n) is 1.78. The van der Waals surface area contributed by atoms with Crippen LogP contribution in [0.15, 0.2) is 12.4 Å². The van der Waals surface area contributed by atoms with Gasteiger partial charge in [-0.15, -0.1) is 0 Å². The van der Waals surface area contributed by atoms with Crippen molar-refractivity contribution in [1.82, 2.24) is 9.97 Å². The number of alkyl halides is 2. The highest BCUT2D eigenvalue weighted by molar-refractivity contribution is 5.12. The number of nitrogens with zero attached hydrogens (tertiary/aromatic N) is 2. The summed E-state index contributed by atoms with van der Waals surface area (Å²) in [4.78, 5) is 7.11. The summed E-state index contributed by atoms with van der Waals surface area (Å²) in [5, 5.41) is 0. The molecule has 1 rings (SSSR count). The lowest BCUT2D eigenvalue weighted by Crippen LogP contribution is -2.04. The molecule has 0 unspecified atom stereocenters. The van der Waals surface area contributed by atoms with Crippen LogP contribution in [0.5, 0.6) is 11.8 Å². The molecule has 0 saturated carbocycles. The lowest BCUT2D eigenvalue weighted by atomic mass is 10.7. The maximum absolute atomic E-state index is 11.6. The molecule has 0 fully saturated rings. The van der Waals surface area contributed by atoms with Crippen LogP contribution in [-0.4, -0.2) is 23.7 Å². The van der Waals surface area contributed by atoms with Crippen molar-refractivity contribution in [2.24, 2.45) is 0 Å². The third kappa shape index (κ3) is 2.30. The number of aromatic nitrogens is 2. The molecule has 0 saturated heterocycles. The highest BCUT2D eigenvalue weighted by Crippen LogP contribution is 2.12. The Kier molecular flexibility index (Phi) is 2.73. The Morgan fingerprint density at radius 2 is 2.00 bits per heavy atom. The predicted molar refractivity (Wildman–Crippen MR) is 35.2 cm³/mol. The van der Waals surface area contributed by atoms with Crippen LogP contribution in [0, 0.1) is 0 Å². The van der Waals surface area contributed by atoms with Gasteiger partial charge in [-0.1, -0.05) is 0 Å². The van der Waals surface area contributed by atoms with Gasteiger partial charge in [-0.2, -0.15) is 13.8 Å². The summed E-state index contributed by atoms with van der Waals surface area (Å²) in [5.74, 6) is -0.127. The van der Waals surface area contributed by atoms with E-state index < -0.39 is 6.61 Å². The average Bonchev–Trinajstić information content (AvgIpc) is 2.03. The first kappa shape index (κ1) is 8.63. The van der Waals surface area contributed by atoms with Gasteiger partial charge in [-0.05, 0) is 0 Å². The highest BCUT2D eigenvalue weighted by Gasteiger charge is 2.06. The van der Waals surface area contributed by atoms with Gasteiger partial charge >= 0.3 is 6.61 Å². The Morgan fingerprint density at radius 1 is 1.33 bits per heavy atom. The number of ether oxygens (including phenoxy) is 2. The Balaban J connectivity index is 2.72. The molecule has 0 radical (unpaired) electrons. The maximum atomic E-state index is 11.6. The molecule has 0 aliphatic carbocycles. The summed E-state index contributed by atoms with van der Waals surface area (Å²) in [5.41, 5.74) is 0. The standard InChI is InChI=1S/C6H6F2N2O2/c1-11-4-2-9-3-5(10-4)12-6(7)8/h2-3,6H,1H3. The molecule has 1 heterocycles. The Bertz CT molecular complexity index is 257. The smallest absolute Gasteiger partial charge is 0.388 e. The quantitative estimate of drug-likeness (QED) is 0.691. The van der Waals surface area contributed by atoms with Gasteiger partial charge in [0, 0.05) is 0 Å². The number of hydrogen-bond donors (Lipinski definition) is 0. The molecule has 1 aromatic rings. The minimum Gasteiger partial charge on any atom is -0.480 e. The first-order valence-electron chi connectivity index (χ1n) is 3.03. The Hall–Kier alpha value is -1.46. The van der Waals surface area contributed by atoms with E-state index in [2.05, 4.69) is 19.4 Å². The number of halogens is 2. The summed E-state index contributed by atoms with van der Waals surface area (Å²) >= 11 is 0. The minimum atomic E-state index is -2.90. The fourth-order valence-corrected chi connectivity index (χ4v) is 0.578. The molecule has 0 aliphatic heterocycles. The topological polar surface area (TPSA) is 44.2 Å². The SMILES string of the molecule is COc1cncc(OC(F)F)n1. The molecule has 0 spiro atoms. The van der Waals surface area contributed by atoms with Gasteiger partial charge in [0.25, 0.3) is 0 Å². The molecule has 0 atom stereocenters. The fourth-order valence-electron chi connectivity index (χ4n) is 0.578. The first-order valence-corrected chi connectivity index (χ1v) is 3.03. The van der Waals surface area contributed by atoms with Crippen LogP contribution < -0.4 is 9.47 Å². The van der Waals surface area contributed by atoms with Gasteiger partial charge in [-0.25, -0.2) is 0 Å². The van der Waals surface area contributed by atoms with E-state index >= 15 is 0 Å². The van der Waals surface area contributed by atoms with Crippen LogP contribution in [0.2, 0.25) is 0 Å². The molecular formula is C6H6F2N2O2. The summed E-state index contributed by atoms with van der Waals surface area (Å²) in [6.07, 6.45) is 2.37. The van der Waals surface area contributed by atoms with Crippen molar-refractivity contribution in [3.63, 3.8) is 0 Å². The lowest BCUT2D eigenvalue weighted by Gasteiger charge is -2.03. The zero-order valence-corrected chi connectivity index (χ0v) is 6.20. The van der Waals surface area contributed by atoms with Crippen molar-refractivity contribution in [3.8, 4) is 11.8 Å². The van der Waals surface area contributed by atoms with Gasteiger partial charge < -0.3 is 9.47 Å². The van der Waals surface area contributed by atoms with Gasteiger partial charge in [0.15, 0.2) is 0 Å². The lowest BCUT2D eigenvalue weighted by molar-refractivity contribution is -0.0533. The van der Waals surface area contributed by atoms with E-state index in [1.807, 2.05) is 0 Å². The van der Waals surface area contributed by atoms with Crippen LogP contribution >= 0.6 is 0 Å². The van der Waals surface area contributed by atoms with Gasteiger partial charge in [0.05, 0.1) is 19.5 Å². The molecular weight excluding hydrogens is 170 g/mol. The molecule has 0 amide bonds. The second-order valence-corrected chi connectivity index (χ2v) is 1.78. The largest absolute Gasteiger partial charge is 0.480 e. The molecule has 6 heteroatoms. The van der Waals surface area contributed by atoms with E-state index in [0.29, 0.717) is 0 Å². The average molecular weight is 176 g/mol. The van der Waals surface area contributed by atoms with Crippen molar-refractivity contribution in [2.75, 3.05) is 7.11 Å². The summed E-state index contributed by atoms with van der Waals surface area (Å²) in [6.45, 7) is -2.90. The van der Waals surface area contributed by atoms with E-state index in [1.165, 1.54) is 13.3 Å². The van der Waals surface area contributed by atoms with Crippen molar-refractivity contribution >= 4 is 0 Å². The first-order chi connectivity index (χ1) is 5.72. The molecule has 0 bridgehead atoms. The molecule has 66 valence electrons. The third-order valence-corrected chi connectivity index (χ3v) is 1.01. The maximum Gasteiger partial charge on any atom is 0.388 e. The van der Waals surface area contributed by atoms with Crippen LogP contribution in [0.25, 0.3) is 0 Å². The van der Waals surface area contributed by atoms with Crippen LogP contribution in [0.3, 0.4) is 0 Å². The van der Waals surface area contributed by atoms with Crippen LogP contribution in [-0.2, 0) is 0 Å². The summed E-state index contributed by atoms with van der Waals surface area (Å²) in [6, 6.07) is 0. The monoisotopic (exact) mass is 176 g/mol. The van der Waals surface area contributed by atoms with Crippen LogP contribution in [0.4, 0.5) is 8.78 Å². The molecule has 0 aromatic carbocycles. The van der Waals surface area contributed by atoms with E-state index in [0.717, 1.165) is 6.20 Å². The van der Waals surface area contributed by atoms with Crippen molar-refractivity contribution < 1.29 is 18.3 Å². The minimum absolute atomic E-state index is 0.133. The molecule has 4 nitrogen and oxygen atoms in total. The van der Waals surface area contributed by atoms with E-state index in [4.69, 9.17) is 0 Å². The molecule has 1 aromatic heterocycles. The number of hydrogen-bond acceptors (Lipinski definition) is 4. The predicted octanol–water partition coefficient (Wildman–Crippen LogP) is 1.09. The highest BCUT2D eigenvalue weighted by atomic mass is 19.3. The third-order valence-electron chi connectivity index (χ3n) is 1.01. The van der Waals surface area contributed by atoms with Gasteiger partial charge in [0.1, 0.15) is 0 Å². The van der Waals surface area contributed by atoms with Crippen molar-refractivity contribution in [1.29, 1.82) is 0 Å². The zero-order chi connectivity index (χ0) is 8.97. The number of rotatable bonds is 3. The Labute approximate surface area is 67.2 Å². The molecule has 0 N–H and O–H groups in total. The number of methoxy groups -OCH3 is 1. The molecule has 12 heavy (non-hydrogen) atoms. The van der Waals surface area contributed by atoms with Crippen molar-refractivity contribution in [3.05, 3.63) is 12.4 Å². The van der Waals surface area contributed by atoms with E-state index in [-0.39, 0.29) is 11.8 Å². The van der Waals surface area contributed by atoms with Crippen molar-refractivity contribution in [2.45, 2.75) is 6.61 Å². The Morgan fingerprint density at radius 3 is 2.58 bits per heavy atom. The second kappa shape index (κ2) is 3.80. The molecule has 0 aliphatic rings. The van der Waals surface area contributed by atoms with Crippen LogP contribution in [0.1, 0.15) is 0 Å². The zero-order valence-electron chi connectivity index (χ0n) is 6.20. The van der Waals surface area contributed by atoms with E-state index in [9.17, 15) is 8.78 Å². The van der Waals surface area contributed by atoms with Gasteiger partial charge in [0.2, 0.25) is 11.8 Å². The van der Waals surface area contributed by atoms with Gasteiger partial charge in [-0.3, -0.25) is 4.98 Å². The van der Waals surface area contributed by atoms with E-state index in [1.54, 1.807) is 0 Å².